The van der Waals surface area contributed by atoms with Gasteiger partial charge < -0.3 is 14.8 Å². The van der Waals surface area contributed by atoms with Crippen molar-refractivity contribution < 1.29 is 14.4 Å². The van der Waals surface area contributed by atoms with E-state index in [9.17, 15) is 10.1 Å². The maximum atomic E-state index is 11.1. The summed E-state index contributed by atoms with van der Waals surface area (Å²) in [6, 6.07) is 3.20. The number of hydrogen-bond donors (Lipinski definition) is 1. The SMILES string of the molecule is CNC(C)/C(C)=C/c1cc2c(cc1[N+](=O)[O-])OCO2. The molecule has 19 heavy (non-hydrogen) atoms. The lowest BCUT2D eigenvalue weighted by Gasteiger charge is -2.11. The van der Waals surface area contributed by atoms with Crippen LogP contribution in [0.15, 0.2) is 17.7 Å². The predicted octanol–water partition coefficient (Wildman–Crippen LogP) is 2.33. The summed E-state index contributed by atoms with van der Waals surface area (Å²) in [4.78, 5) is 10.7. The molecule has 1 heterocycles. The number of nitrogens with zero attached hydrogens (tertiary/aromatic N) is 1. The van der Waals surface area contributed by atoms with Gasteiger partial charge in [0.1, 0.15) is 0 Å². The minimum atomic E-state index is -0.412. The Morgan fingerprint density at radius 3 is 2.68 bits per heavy atom. The smallest absolute Gasteiger partial charge is 0.280 e. The number of rotatable bonds is 4. The van der Waals surface area contributed by atoms with Crippen molar-refractivity contribution in [1.29, 1.82) is 0 Å². The average molecular weight is 264 g/mol. The molecule has 0 radical (unpaired) electrons. The Bertz CT molecular complexity index is 540. The van der Waals surface area contributed by atoms with Gasteiger partial charge in [0, 0.05) is 6.04 Å². The molecule has 0 spiro atoms. The van der Waals surface area contributed by atoms with Crippen LogP contribution in [0.4, 0.5) is 5.69 Å². The van der Waals surface area contributed by atoms with Gasteiger partial charge in [-0.2, -0.15) is 0 Å². The highest BCUT2D eigenvalue weighted by Crippen LogP contribution is 2.38. The first kappa shape index (κ1) is 13.4. The summed E-state index contributed by atoms with van der Waals surface area (Å²) in [5.41, 5.74) is 1.55. The van der Waals surface area contributed by atoms with E-state index in [2.05, 4.69) is 5.32 Å². The van der Waals surface area contributed by atoms with Gasteiger partial charge in [-0.05, 0) is 33.0 Å². The van der Waals surface area contributed by atoms with Crippen molar-refractivity contribution in [3.05, 3.63) is 33.4 Å². The molecule has 1 unspecified atom stereocenters. The quantitative estimate of drug-likeness (QED) is 0.667. The van der Waals surface area contributed by atoms with E-state index in [4.69, 9.17) is 9.47 Å². The molecule has 1 aliphatic heterocycles. The van der Waals surface area contributed by atoms with Crippen LogP contribution >= 0.6 is 0 Å². The normalized spacial score (nSPS) is 15.4. The van der Waals surface area contributed by atoms with Gasteiger partial charge in [0.15, 0.2) is 11.5 Å². The van der Waals surface area contributed by atoms with Gasteiger partial charge in [0.25, 0.3) is 5.69 Å². The van der Waals surface area contributed by atoms with Gasteiger partial charge >= 0.3 is 0 Å². The van der Waals surface area contributed by atoms with Crippen molar-refractivity contribution in [3.63, 3.8) is 0 Å². The molecule has 0 saturated heterocycles. The molecule has 1 aliphatic rings. The molecule has 0 aliphatic carbocycles. The highest BCUT2D eigenvalue weighted by atomic mass is 16.7. The number of ether oxygens (including phenoxy) is 2. The topological polar surface area (TPSA) is 73.6 Å². The largest absolute Gasteiger partial charge is 0.454 e. The van der Waals surface area contributed by atoms with Crippen molar-refractivity contribution in [2.24, 2.45) is 0 Å². The van der Waals surface area contributed by atoms with E-state index in [0.717, 1.165) is 5.57 Å². The number of nitro benzene ring substituents is 1. The molecule has 6 heteroatoms. The third-order valence-corrected chi connectivity index (χ3v) is 3.22. The number of nitro groups is 1. The first-order valence-electron chi connectivity index (χ1n) is 5.96. The lowest BCUT2D eigenvalue weighted by atomic mass is 10.0. The van der Waals surface area contributed by atoms with Crippen LogP contribution in [0.3, 0.4) is 0 Å². The van der Waals surface area contributed by atoms with Crippen LogP contribution in [0, 0.1) is 10.1 Å². The number of fused-ring (bicyclic) bond motifs is 1. The minimum absolute atomic E-state index is 0.0203. The highest BCUT2D eigenvalue weighted by molar-refractivity contribution is 5.68. The van der Waals surface area contributed by atoms with Crippen molar-refractivity contribution >= 4 is 11.8 Å². The minimum Gasteiger partial charge on any atom is -0.454 e. The summed E-state index contributed by atoms with van der Waals surface area (Å²) in [5.74, 6) is 0.963. The van der Waals surface area contributed by atoms with E-state index >= 15 is 0 Å². The van der Waals surface area contributed by atoms with Crippen molar-refractivity contribution in [1.82, 2.24) is 5.32 Å². The van der Waals surface area contributed by atoms with Gasteiger partial charge in [0.05, 0.1) is 16.6 Å². The van der Waals surface area contributed by atoms with Gasteiger partial charge in [-0.1, -0.05) is 5.57 Å². The van der Waals surface area contributed by atoms with Gasteiger partial charge in [-0.25, -0.2) is 0 Å². The Hall–Kier alpha value is -2.08. The standard InChI is InChI=1S/C13H16N2O4/c1-8(9(2)14-3)4-10-5-12-13(19-7-18-12)6-11(10)15(16)17/h4-6,9,14H,7H2,1-3H3/b8-4+. The summed E-state index contributed by atoms with van der Waals surface area (Å²) in [6.45, 7) is 4.02. The molecule has 1 atom stereocenters. The maximum absolute atomic E-state index is 11.1. The molecule has 102 valence electrons. The number of benzene rings is 1. The third kappa shape index (κ3) is 2.68. The van der Waals surface area contributed by atoms with Crippen LogP contribution in [-0.4, -0.2) is 24.8 Å². The zero-order chi connectivity index (χ0) is 14.0. The van der Waals surface area contributed by atoms with Gasteiger partial charge in [-0.15, -0.1) is 0 Å². The lowest BCUT2D eigenvalue weighted by molar-refractivity contribution is -0.385. The van der Waals surface area contributed by atoms with Gasteiger partial charge in [0.2, 0.25) is 6.79 Å². The fourth-order valence-electron chi connectivity index (χ4n) is 1.82. The molecule has 0 saturated carbocycles. The molecular weight excluding hydrogens is 248 g/mol. The van der Waals surface area contributed by atoms with Crippen LogP contribution in [0.25, 0.3) is 6.08 Å². The number of nitrogens with one attached hydrogen (secondary N) is 1. The molecule has 1 N–H and O–H groups in total. The van der Waals surface area contributed by atoms with E-state index in [1.165, 1.54) is 6.07 Å². The maximum Gasteiger partial charge on any atom is 0.280 e. The van der Waals surface area contributed by atoms with Crippen LogP contribution < -0.4 is 14.8 Å². The van der Waals surface area contributed by atoms with Crippen LogP contribution in [0.2, 0.25) is 0 Å². The summed E-state index contributed by atoms with van der Waals surface area (Å²) in [7, 11) is 1.84. The molecule has 0 amide bonds. The summed E-state index contributed by atoms with van der Waals surface area (Å²) >= 11 is 0. The van der Waals surface area contributed by atoms with E-state index < -0.39 is 4.92 Å². The summed E-state index contributed by atoms with van der Waals surface area (Å²) in [6.07, 6.45) is 1.79. The fourth-order valence-corrected chi connectivity index (χ4v) is 1.82. The van der Waals surface area contributed by atoms with Crippen LogP contribution in [0.5, 0.6) is 11.5 Å². The third-order valence-electron chi connectivity index (χ3n) is 3.22. The zero-order valence-corrected chi connectivity index (χ0v) is 11.1. The van der Waals surface area contributed by atoms with E-state index in [1.54, 1.807) is 12.1 Å². The highest BCUT2D eigenvalue weighted by Gasteiger charge is 2.22. The molecular formula is C13H16N2O4. The molecule has 0 fully saturated rings. The molecule has 1 aromatic carbocycles. The predicted molar refractivity (Wildman–Crippen MR) is 71.4 cm³/mol. The Morgan fingerprint density at radius 2 is 2.11 bits per heavy atom. The Kier molecular flexibility index (Phi) is 3.71. The number of likely N-dealkylation sites (N-methyl/N-ethyl adjacent to an activating group) is 1. The zero-order valence-electron chi connectivity index (χ0n) is 11.1. The van der Waals surface area contributed by atoms with Crippen LogP contribution in [-0.2, 0) is 0 Å². The molecule has 0 bridgehead atoms. The van der Waals surface area contributed by atoms with E-state index in [1.807, 2.05) is 20.9 Å². The first-order valence-corrected chi connectivity index (χ1v) is 5.96. The fraction of sp³-hybridized carbons (Fsp3) is 0.385. The average Bonchev–Trinajstić information content (AvgIpc) is 2.83. The van der Waals surface area contributed by atoms with E-state index in [0.29, 0.717) is 17.1 Å². The Balaban J connectivity index is 2.47. The second kappa shape index (κ2) is 5.27. The Labute approximate surface area is 111 Å². The second-order valence-electron chi connectivity index (χ2n) is 4.42. The summed E-state index contributed by atoms with van der Waals surface area (Å²) < 4.78 is 10.4. The van der Waals surface area contributed by atoms with Crippen LogP contribution in [0.1, 0.15) is 19.4 Å². The molecule has 6 nitrogen and oxygen atoms in total. The molecule has 2 rings (SSSR count). The molecule has 1 aromatic rings. The molecule has 0 aromatic heterocycles. The van der Waals surface area contributed by atoms with Crippen molar-refractivity contribution in [2.75, 3.05) is 13.8 Å². The summed E-state index contributed by atoms with van der Waals surface area (Å²) in [5, 5.41) is 14.2. The first-order chi connectivity index (χ1) is 9.02. The monoisotopic (exact) mass is 264 g/mol. The second-order valence-corrected chi connectivity index (χ2v) is 4.42. The lowest BCUT2D eigenvalue weighted by Crippen LogP contribution is -2.22. The Morgan fingerprint density at radius 1 is 1.47 bits per heavy atom. The number of hydrogen-bond acceptors (Lipinski definition) is 5. The van der Waals surface area contributed by atoms with Crippen molar-refractivity contribution in [2.45, 2.75) is 19.9 Å². The van der Waals surface area contributed by atoms with E-state index in [-0.39, 0.29) is 18.5 Å². The van der Waals surface area contributed by atoms with Crippen molar-refractivity contribution in [3.8, 4) is 11.5 Å². The van der Waals surface area contributed by atoms with Gasteiger partial charge in [-0.3, -0.25) is 10.1 Å².